The molecular formula is C9H18O4. The van der Waals surface area contributed by atoms with Gasteiger partial charge in [-0.1, -0.05) is 0 Å². The molecule has 0 aliphatic heterocycles. The van der Waals surface area contributed by atoms with Gasteiger partial charge >= 0.3 is 5.97 Å². The van der Waals surface area contributed by atoms with Crippen LogP contribution in [0.5, 0.6) is 0 Å². The zero-order valence-electron chi connectivity index (χ0n) is 8.66. The Morgan fingerprint density at radius 3 is 2.54 bits per heavy atom. The smallest absolute Gasteiger partial charge is 0.311 e. The Bertz CT molecular complexity index is 165. The zero-order valence-corrected chi connectivity index (χ0v) is 8.66. The average molecular weight is 190 g/mol. The Hall–Kier alpha value is -0.610. The molecule has 0 fully saturated rings. The van der Waals surface area contributed by atoms with Crippen LogP contribution in [0.3, 0.4) is 0 Å². The number of rotatable bonds is 5. The lowest BCUT2D eigenvalue weighted by Gasteiger charge is -2.27. The molecule has 4 heteroatoms. The topological polar surface area (TPSA) is 55.8 Å². The van der Waals surface area contributed by atoms with Crippen LogP contribution >= 0.6 is 0 Å². The molecule has 0 saturated heterocycles. The summed E-state index contributed by atoms with van der Waals surface area (Å²) >= 11 is 0. The van der Waals surface area contributed by atoms with Crippen LogP contribution in [0.25, 0.3) is 0 Å². The highest BCUT2D eigenvalue weighted by Crippen LogP contribution is 2.18. The molecule has 4 nitrogen and oxygen atoms in total. The minimum atomic E-state index is -1.17. The van der Waals surface area contributed by atoms with E-state index in [0.29, 0.717) is 6.61 Å². The van der Waals surface area contributed by atoms with E-state index < -0.39 is 17.5 Å². The molecule has 0 aliphatic rings. The third kappa shape index (κ3) is 3.74. The molecule has 0 spiro atoms. The van der Waals surface area contributed by atoms with Crippen molar-refractivity contribution in [1.82, 2.24) is 0 Å². The number of hydrogen-bond acceptors (Lipinski definition) is 4. The van der Waals surface area contributed by atoms with Gasteiger partial charge in [0.2, 0.25) is 0 Å². The zero-order chi connectivity index (χ0) is 10.5. The van der Waals surface area contributed by atoms with Crippen molar-refractivity contribution in [3.63, 3.8) is 0 Å². The molecule has 13 heavy (non-hydrogen) atoms. The summed E-state index contributed by atoms with van der Waals surface area (Å²) in [5.74, 6) is -0.975. The fraction of sp³-hybridized carbons (Fsp3) is 0.889. The summed E-state index contributed by atoms with van der Waals surface area (Å²) in [6, 6.07) is 0. The number of aliphatic hydroxyl groups is 1. The first kappa shape index (κ1) is 12.4. The average Bonchev–Trinajstić information content (AvgIpc) is 2.03. The van der Waals surface area contributed by atoms with E-state index >= 15 is 0 Å². The summed E-state index contributed by atoms with van der Waals surface area (Å²) in [5.41, 5.74) is -1.17. The third-order valence-electron chi connectivity index (χ3n) is 2.01. The van der Waals surface area contributed by atoms with Crippen LogP contribution in [-0.4, -0.2) is 37.0 Å². The van der Waals surface area contributed by atoms with Crippen LogP contribution in [0, 0.1) is 5.92 Å². The number of carbonyl (C=O) groups is 1. The SMILES string of the molecule is CCOC(=O)[C@H](C)[C@@](C)(O)COC. The van der Waals surface area contributed by atoms with Crippen molar-refractivity contribution in [3.8, 4) is 0 Å². The van der Waals surface area contributed by atoms with E-state index in [2.05, 4.69) is 0 Å². The highest BCUT2D eigenvalue weighted by Gasteiger charge is 2.34. The van der Waals surface area contributed by atoms with Gasteiger partial charge in [-0.2, -0.15) is 0 Å². The predicted molar refractivity (Wildman–Crippen MR) is 48.3 cm³/mol. The summed E-state index contributed by atoms with van der Waals surface area (Å²) in [5, 5.41) is 9.75. The summed E-state index contributed by atoms with van der Waals surface area (Å²) < 4.78 is 9.58. The van der Waals surface area contributed by atoms with Gasteiger partial charge in [0.25, 0.3) is 0 Å². The minimum absolute atomic E-state index is 0.118. The van der Waals surface area contributed by atoms with Crippen molar-refractivity contribution in [2.24, 2.45) is 5.92 Å². The van der Waals surface area contributed by atoms with Crippen molar-refractivity contribution >= 4 is 5.97 Å². The van der Waals surface area contributed by atoms with Gasteiger partial charge < -0.3 is 14.6 Å². The van der Waals surface area contributed by atoms with Gasteiger partial charge in [0, 0.05) is 7.11 Å². The number of methoxy groups -OCH3 is 1. The summed E-state index contributed by atoms with van der Waals surface area (Å²) in [6.45, 7) is 5.35. The number of hydrogen-bond donors (Lipinski definition) is 1. The van der Waals surface area contributed by atoms with Crippen molar-refractivity contribution < 1.29 is 19.4 Å². The fourth-order valence-electron chi connectivity index (χ4n) is 0.938. The van der Waals surface area contributed by atoms with Crippen LogP contribution in [0.15, 0.2) is 0 Å². The summed E-state index contributed by atoms with van der Waals surface area (Å²) in [6.07, 6.45) is 0. The maximum Gasteiger partial charge on any atom is 0.311 e. The van der Waals surface area contributed by atoms with Crippen molar-refractivity contribution in [1.29, 1.82) is 0 Å². The third-order valence-corrected chi connectivity index (χ3v) is 2.01. The monoisotopic (exact) mass is 190 g/mol. The molecule has 0 unspecified atom stereocenters. The molecule has 0 bridgehead atoms. The molecule has 1 N–H and O–H groups in total. The van der Waals surface area contributed by atoms with Gasteiger partial charge in [-0.05, 0) is 20.8 Å². The largest absolute Gasteiger partial charge is 0.466 e. The molecule has 0 saturated carbocycles. The normalized spacial score (nSPS) is 17.6. The Kier molecular flexibility index (Phi) is 4.95. The van der Waals surface area contributed by atoms with Crippen LogP contribution in [0.2, 0.25) is 0 Å². The highest BCUT2D eigenvalue weighted by molar-refractivity contribution is 5.73. The molecule has 0 radical (unpaired) electrons. The van der Waals surface area contributed by atoms with E-state index in [9.17, 15) is 9.90 Å². The highest BCUT2D eigenvalue weighted by atomic mass is 16.5. The molecule has 0 heterocycles. The summed E-state index contributed by atoms with van der Waals surface area (Å²) in [7, 11) is 1.48. The first-order valence-corrected chi connectivity index (χ1v) is 4.33. The quantitative estimate of drug-likeness (QED) is 0.644. The van der Waals surface area contributed by atoms with Gasteiger partial charge in [0.05, 0.1) is 24.7 Å². The molecule has 0 aromatic heterocycles. The van der Waals surface area contributed by atoms with Crippen molar-refractivity contribution in [3.05, 3.63) is 0 Å². The predicted octanol–water partition coefficient (Wildman–Crippen LogP) is 0.583. The lowest BCUT2D eigenvalue weighted by atomic mass is 9.92. The molecular weight excluding hydrogens is 172 g/mol. The molecule has 2 atom stereocenters. The van der Waals surface area contributed by atoms with Crippen LogP contribution in [-0.2, 0) is 14.3 Å². The molecule has 0 aromatic carbocycles. The van der Waals surface area contributed by atoms with Gasteiger partial charge in [0.15, 0.2) is 0 Å². The maximum absolute atomic E-state index is 11.2. The molecule has 0 amide bonds. The molecule has 0 aromatic rings. The second-order valence-corrected chi connectivity index (χ2v) is 3.26. The molecule has 0 rings (SSSR count). The Balaban J connectivity index is 4.21. The van der Waals surface area contributed by atoms with Gasteiger partial charge in [-0.3, -0.25) is 4.79 Å². The molecule has 0 aliphatic carbocycles. The van der Waals surface area contributed by atoms with Crippen LogP contribution in [0.4, 0.5) is 0 Å². The van der Waals surface area contributed by atoms with Crippen LogP contribution in [0.1, 0.15) is 20.8 Å². The van der Waals surface area contributed by atoms with E-state index in [1.54, 1.807) is 20.8 Å². The van der Waals surface area contributed by atoms with Crippen molar-refractivity contribution in [2.45, 2.75) is 26.4 Å². The van der Waals surface area contributed by atoms with E-state index in [1.165, 1.54) is 7.11 Å². The van der Waals surface area contributed by atoms with E-state index in [0.717, 1.165) is 0 Å². The standard InChI is InChI=1S/C9H18O4/c1-5-13-8(10)7(2)9(3,11)6-12-4/h7,11H,5-6H2,1-4H3/t7-,9-/m0/s1. The number of esters is 1. The Morgan fingerprint density at radius 1 is 1.62 bits per heavy atom. The van der Waals surface area contributed by atoms with Crippen molar-refractivity contribution in [2.75, 3.05) is 20.3 Å². The second kappa shape index (κ2) is 5.19. The lowest BCUT2D eigenvalue weighted by Crippen LogP contribution is -2.42. The minimum Gasteiger partial charge on any atom is -0.466 e. The fourth-order valence-corrected chi connectivity index (χ4v) is 0.938. The summed E-state index contributed by atoms with van der Waals surface area (Å²) in [4.78, 5) is 11.2. The Morgan fingerprint density at radius 2 is 2.15 bits per heavy atom. The van der Waals surface area contributed by atoms with E-state index in [1.807, 2.05) is 0 Å². The van der Waals surface area contributed by atoms with Gasteiger partial charge in [0.1, 0.15) is 0 Å². The Labute approximate surface area is 78.8 Å². The van der Waals surface area contributed by atoms with E-state index in [-0.39, 0.29) is 6.61 Å². The number of ether oxygens (including phenoxy) is 2. The molecule has 78 valence electrons. The second-order valence-electron chi connectivity index (χ2n) is 3.26. The first-order valence-electron chi connectivity index (χ1n) is 4.33. The maximum atomic E-state index is 11.2. The lowest BCUT2D eigenvalue weighted by molar-refractivity contribution is -0.159. The number of carbonyl (C=O) groups excluding carboxylic acids is 1. The van der Waals surface area contributed by atoms with E-state index in [4.69, 9.17) is 9.47 Å². The van der Waals surface area contributed by atoms with Gasteiger partial charge in [-0.15, -0.1) is 0 Å². The first-order chi connectivity index (χ1) is 5.95. The van der Waals surface area contributed by atoms with Crippen LogP contribution < -0.4 is 0 Å². The van der Waals surface area contributed by atoms with Gasteiger partial charge in [-0.25, -0.2) is 0 Å².